The van der Waals surface area contributed by atoms with Gasteiger partial charge in [-0.2, -0.15) is 0 Å². The van der Waals surface area contributed by atoms with Crippen molar-refractivity contribution in [2.24, 2.45) is 5.92 Å². The van der Waals surface area contributed by atoms with Crippen molar-refractivity contribution in [3.8, 4) is 0 Å². The average Bonchev–Trinajstić information content (AvgIpc) is 2.80. The van der Waals surface area contributed by atoms with E-state index in [0.717, 1.165) is 12.0 Å². The summed E-state index contributed by atoms with van der Waals surface area (Å²) in [4.78, 5) is 2.73. The fourth-order valence-electron chi connectivity index (χ4n) is 3.13. The molecule has 2 heteroatoms. The first-order valence-corrected chi connectivity index (χ1v) is 6.29. The van der Waals surface area contributed by atoms with Crippen LogP contribution in [0.1, 0.15) is 38.5 Å². The third-order valence-corrected chi connectivity index (χ3v) is 3.91. The van der Waals surface area contributed by atoms with Gasteiger partial charge >= 0.3 is 0 Å². The minimum absolute atomic E-state index is 0.834. The van der Waals surface area contributed by atoms with E-state index in [4.69, 9.17) is 0 Å². The van der Waals surface area contributed by atoms with Gasteiger partial charge in [-0.3, -0.25) is 4.90 Å². The van der Waals surface area contributed by atoms with Crippen molar-refractivity contribution in [1.82, 2.24) is 10.2 Å². The average molecular weight is 196 g/mol. The lowest BCUT2D eigenvalue weighted by Crippen LogP contribution is -2.39. The van der Waals surface area contributed by atoms with Crippen LogP contribution in [0, 0.1) is 5.92 Å². The summed E-state index contributed by atoms with van der Waals surface area (Å²) >= 11 is 0. The zero-order valence-electron chi connectivity index (χ0n) is 9.47. The number of likely N-dealkylation sites (N-methyl/N-ethyl adjacent to an activating group) is 1. The van der Waals surface area contributed by atoms with Crippen LogP contribution in [0.4, 0.5) is 0 Å². The molecule has 1 heterocycles. The number of rotatable bonds is 4. The zero-order chi connectivity index (χ0) is 9.80. The lowest BCUT2D eigenvalue weighted by molar-refractivity contribution is 0.213. The molecule has 1 atom stereocenters. The SMILES string of the molecule is CNC[C@@H]1CCCN1CC1CCCC1. The van der Waals surface area contributed by atoms with E-state index in [-0.39, 0.29) is 0 Å². The Morgan fingerprint density at radius 1 is 1.14 bits per heavy atom. The summed E-state index contributed by atoms with van der Waals surface area (Å²) in [6, 6.07) is 0.834. The quantitative estimate of drug-likeness (QED) is 0.738. The molecule has 0 aromatic carbocycles. The normalized spacial score (nSPS) is 30.2. The molecule has 0 spiro atoms. The Morgan fingerprint density at radius 3 is 2.64 bits per heavy atom. The molecular formula is C12H24N2. The molecule has 1 saturated heterocycles. The van der Waals surface area contributed by atoms with Gasteiger partial charge in [0.05, 0.1) is 0 Å². The van der Waals surface area contributed by atoms with E-state index in [0.29, 0.717) is 0 Å². The minimum atomic E-state index is 0.834. The van der Waals surface area contributed by atoms with Crippen molar-refractivity contribution >= 4 is 0 Å². The summed E-state index contributed by atoms with van der Waals surface area (Å²) in [6.45, 7) is 3.92. The molecule has 14 heavy (non-hydrogen) atoms. The first-order chi connectivity index (χ1) is 6.90. The van der Waals surface area contributed by atoms with E-state index in [1.165, 1.54) is 58.2 Å². The van der Waals surface area contributed by atoms with Crippen LogP contribution in [0.2, 0.25) is 0 Å². The highest BCUT2D eigenvalue weighted by molar-refractivity contribution is 4.83. The van der Waals surface area contributed by atoms with Gasteiger partial charge in [0.15, 0.2) is 0 Å². The van der Waals surface area contributed by atoms with E-state index in [1.54, 1.807) is 0 Å². The molecule has 0 amide bonds. The smallest absolute Gasteiger partial charge is 0.0221 e. The van der Waals surface area contributed by atoms with Crippen LogP contribution in [0.5, 0.6) is 0 Å². The monoisotopic (exact) mass is 196 g/mol. The summed E-state index contributed by atoms with van der Waals surface area (Å²) < 4.78 is 0. The largest absolute Gasteiger partial charge is 0.318 e. The fraction of sp³-hybridized carbons (Fsp3) is 1.00. The van der Waals surface area contributed by atoms with Gasteiger partial charge in [-0.25, -0.2) is 0 Å². The molecule has 2 fully saturated rings. The second kappa shape index (κ2) is 5.13. The van der Waals surface area contributed by atoms with Crippen molar-refractivity contribution in [3.05, 3.63) is 0 Å². The van der Waals surface area contributed by atoms with Crippen LogP contribution in [-0.2, 0) is 0 Å². The van der Waals surface area contributed by atoms with Crippen molar-refractivity contribution in [2.75, 3.05) is 26.7 Å². The van der Waals surface area contributed by atoms with Crippen LogP contribution >= 0.6 is 0 Å². The summed E-state index contributed by atoms with van der Waals surface area (Å²) in [5, 5.41) is 3.32. The molecule has 2 nitrogen and oxygen atoms in total. The van der Waals surface area contributed by atoms with Crippen LogP contribution in [0.25, 0.3) is 0 Å². The molecular weight excluding hydrogens is 172 g/mol. The molecule has 0 aromatic rings. The molecule has 1 N–H and O–H groups in total. The number of likely N-dealkylation sites (tertiary alicyclic amines) is 1. The van der Waals surface area contributed by atoms with Crippen LogP contribution in [0.3, 0.4) is 0 Å². The highest BCUT2D eigenvalue weighted by Crippen LogP contribution is 2.28. The van der Waals surface area contributed by atoms with Gasteiger partial charge in [0.25, 0.3) is 0 Å². The molecule has 0 radical (unpaired) electrons. The lowest BCUT2D eigenvalue weighted by Gasteiger charge is -2.27. The molecule has 1 saturated carbocycles. The number of hydrogen-bond acceptors (Lipinski definition) is 2. The minimum Gasteiger partial charge on any atom is -0.318 e. The molecule has 0 unspecified atom stereocenters. The lowest BCUT2D eigenvalue weighted by atomic mass is 10.1. The third kappa shape index (κ3) is 2.48. The summed E-state index contributed by atoms with van der Waals surface area (Å²) in [5.41, 5.74) is 0. The highest BCUT2D eigenvalue weighted by Gasteiger charge is 2.27. The van der Waals surface area contributed by atoms with Crippen LogP contribution in [0.15, 0.2) is 0 Å². The van der Waals surface area contributed by atoms with Gasteiger partial charge in [0, 0.05) is 19.1 Å². The number of hydrogen-bond donors (Lipinski definition) is 1. The van der Waals surface area contributed by atoms with Gasteiger partial charge < -0.3 is 5.32 Å². The molecule has 0 bridgehead atoms. The second-order valence-electron chi connectivity index (χ2n) is 5.00. The highest BCUT2D eigenvalue weighted by atomic mass is 15.2. The molecule has 2 rings (SSSR count). The summed E-state index contributed by atoms with van der Waals surface area (Å²) in [6.07, 6.45) is 8.77. The van der Waals surface area contributed by atoms with Crippen molar-refractivity contribution in [1.29, 1.82) is 0 Å². The Balaban J connectivity index is 1.77. The fourth-order valence-corrected chi connectivity index (χ4v) is 3.13. The van der Waals surface area contributed by atoms with E-state index >= 15 is 0 Å². The zero-order valence-corrected chi connectivity index (χ0v) is 9.47. The van der Waals surface area contributed by atoms with E-state index < -0.39 is 0 Å². The van der Waals surface area contributed by atoms with E-state index in [2.05, 4.69) is 17.3 Å². The summed E-state index contributed by atoms with van der Waals surface area (Å²) in [7, 11) is 2.08. The Morgan fingerprint density at radius 2 is 1.93 bits per heavy atom. The Hall–Kier alpha value is -0.0800. The predicted molar refractivity (Wildman–Crippen MR) is 60.5 cm³/mol. The number of nitrogens with one attached hydrogen (secondary N) is 1. The van der Waals surface area contributed by atoms with Gasteiger partial charge in [-0.05, 0) is 45.2 Å². The Kier molecular flexibility index (Phi) is 3.82. The predicted octanol–water partition coefficient (Wildman–Crippen LogP) is 1.86. The summed E-state index contributed by atoms with van der Waals surface area (Å²) in [5.74, 6) is 1.02. The van der Waals surface area contributed by atoms with Crippen LogP contribution in [-0.4, -0.2) is 37.6 Å². The number of nitrogens with zero attached hydrogens (tertiary/aromatic N) is 1. The van der Waals surface area contributed by atoms with Gasteiger partial charge in [0.2, 0.25) is 0 Å². The van der Waals surface area contributed by atoms with Gasteiger partial charge in [-0.1, -0.05) is 12.8 Å². The van der Waals surface area contributed by atoms with Crippen molar-refractivity contribution < 1.29 is 0 Å². The Bertz CT molecular complexity index is 164. The van der Waals surface area contributed by atoms with Crippen molar-refractivity contribution in [3.63, 3.8) is 0 Å². The van der Waals surface area contributed by atoms with E-state index in [1.807, 2.05) is 0 Å². The van der Waals surface area contributed by atoms with Crippen LogP contribution < -0.4 is 5.32 Å². The molecule has 1 aliphatic carbocycles. The topological polar surface area (TPSA) is 15.3 Å². The van der Waals surface area contributed by atoms with E-state index in [9.17, 15) is 0 Å². The first-order valence-electron chi connectivity index (χ1n) is 6.29. The maximum Gasteiger partial charge on any atom is 0.0221 e. The van der Waals surface area contributed by atoms with Gasteiger partial charge in [0.1, 0.15) is 0 Å². The van der Waals surface area contributed by atoms with Crippen molar-refractivity contribution in [2.45, 2.75) is 44.6 Å². The first kappa shape index (κ1) is 10.4. The Labute approximate surface area is 88.1 Å². The second-order valence-corrected chi connectivity index (χ2v) is 5.00. The standard InChI is InChI=1S/C12H24N2/c1-13-9-12-7-4-8-14(12)10-11-5-2-3-6-11/h11-13H,2-10H2,1H3/t12-/m0/s1. The molecule has 82 valence electrons. The maximum absolute atomic E-state index is 3.32. The third-order valence-electron chi connectivity index (χ3n) is 3.91. The maximum atomic E-state index is 3.32. The van der Waals surface area contributed by atoms with Gasteiger partial charge in [-0.15, -0.1) is 0 Å². The molecule has 1 aliphatic heterocycles. The molecule has 0 aromatic heterocycles. The molecule has 2 aliphatic rings.